The number of hydrogen-bond acceptors (Lipinski definition) is 3. The average Bonchev–Trinajstić information content (AvgIpc) is 3.25. The highest BCUT2D eigenvalue weighted by Gasteiger charge is 2.30. The smallest absolute Gasteiger partial charge is 0.357 e. The molecule has 152 valence electrons. The molecule has 0 unspecified atom stereocenters. The summed E-state index contributed by atoms with van der Waals surface area (Å²) < 4.78 is 40.2. The third-order valence-electron chi connectivity index (χ3n) is 4.10. The van der Waals surface area contributed by atoms with Crippen molar-refractivity contribution in [1.29, 1.82) is 0 Å². The van der Waals surface area contributed by atoms with E-state index < -0.39 is 11.7 Å². The van der Waals surface area contributed by atoms with Gasteiger partial charge in [0.1, 0.15) is 12.7 Å². The molecule has 0 spiro atoms. The molecule has 0 bridgehead atoms. The molecular formula is C20H21F3N6. The van der Waals surface area contributed by atoms with Crippen LogP contribution in [0, 0.1) is 0 Å². The monoisotopic (exact) mass is 402 g/mol. The first-order valence-corrected chi connectivity index (χ1v) is 9.08. The van der Waals surface area contributed by atoms with Crippen LogP contribution in [0.1, 0.15) is 23.6 Å². The molecule has 3 aromatic rings. The molecule has 2 aromatic carbocycles. The number of alkyl halides is 3. The fourth-order valence-electron chi connectivity index (χ4n) is 2.65. The predicted octanol–water partition coefficient (Wildman–Crippen LogP) is 3.54. The van der Waals surface area contributed by atoms with Gasteiger partial charge in [-0.15, -0.1) is 0 Å². The van der Waals surface area contributed by atoms with Crippen LogP contribution >= 0.6 is 0 Å². The summed E-state index contributed by atoms with van der Waals surface area (Å²) in [6, 6.07) is 13.0. The Hall–Kier alpha value is -3.36. The maximum absolute atomic E-state index is 12.8. The maximum atomic E-state index is 12.8. The second-order valence-corrected chi connectivity index (χ2v) is 6.25. The van der Waals surface area contributed by atoms with Crippen molar-refractivity contribution in [2.75, 3.05) is 6.54 Å². The second kappa shape index (κ2) is 9.22. The third-order valence-corrected chi connectivity index (χ3v) is 4.10. The Morgan fingerprint density at radius 3 is 2.52 bits per heavy atom. The Kier molecular flexibility index (Phi) is 6.48. The van der Waals surface area contributed by atoms with E-state index in [0.717, 1.165) is 23.4 Å². The molecule has 0 radical (unpaired) electrons. The lowest BCUT2D eigenvalue weighted by atomic mass is 10.1. The van der Waals surface area contributed by atoms with E-state index in [1.54, 1.807) is 17.1 Å². The first-order valence-electron chi connectivity index (χ1n) is 9.08. The van der Waals surface area contributed by atoms with Crippen LogP contribution in [0.15, 0.2) is 66.2 Å². The molecule has 1 aromatic heterocycles. The van der Waals surface area contributed by atoms with Crippen LogP contribution < -0.4 is 10.6 Å². The number of hydrogen-bond donors (Lipinski definition) is 2. The third kappa shape index (κ3) is 5.81. The predicted molar refractivity (Wildman–Crippen MR) is 104 cm³/mol. The van der Waals surface area contributed by atoms with Gasteiger partial charge in [-0.25, -0.2) is 14.7 Å². The van der Waals surface area contributed by atoms with Crippen molar-refractivity contribution in [3.63, 3.8) is 0 Å². The van der Waals surface area contributed by atoms with Crippen molar-refractivity contribution in [2.45, 2.75) is 26.2 Å². The molecule has 0 aliphatic rings. The van der Waals surface area contributed by atoms with E-state index >= 15 is 0 Å². The van der Waals surface area contributed by atoms with E-state index in [4.69, 9.17) is 0 Å². The lowest BCUT2D eigenvalue weighted by Crippen LogP contribution is -2.36. The largest absolute Gasteiger partial charge is 0.416 e. The van der Waals surface area contributed by atoms with Gasteiger partial charge >= 0.3 is 6.18 Å². The highest BCUT2D eigenvalue weighted by molar-refractivity contribution is 5.79. The van der Waals surface area contributed by atoms with E-state index in [2.05, 4.69) is 25.7 Å². The van der Waals surface area contributed by atoms with Gasteiger partial charge in [0.05, 0.1) is 17.8 Å². The van der Waals surface area contributed by atoms with Crippen molar-refractivity contribution >= 4 is 5.96 Å². The number of nitrogens with one attached hydrogen (secondary N) is 2. The van der Waals surface area contributed by atoms with E-state index in [9.17, 15) is 13.2 Å². The van der Waals surface area contributed by atoms with Gasteiger partial charge in [0.15, 0.2) is 5.96 Å². The zero-order valence-electron chi connectivity index (χ0n) is 15.8. The van der Waals surface area contributed by atoms with Gasteiger partial charge in [0.2, 0.25) is 0 Å². The summed E-state index contributed by atoms with van der Waals surface area (Å²) in [5, 5.41) is 10.4. The number of rotatable bonds is 6. The van der Waals surface area contributed by atoms with Crippen LogP contribution in [-0.2, 0) is 19.3 Å². The van der Waals surface area contributed by atoms with Crippen LogP contribution in [0.25, 0.3) is 5.69 Å². The molecule has 6 nitrogen and oxygen atoms in total. The summed E-state index contributed by atoms with van der Waals surface area (Å²) in [5.74, 6) is 0.533. The standard InChI is InChI=1S/C20H21F3N6/c1-2-25-19(27-12-16-4-3-5-17(10-16)20(21,22)23)26-11-15-6-8-18(9-7-15)29-14-24-13-28-29/h3-10,13-14H,2,11-12H2,1H3,(H2,25,26,27). The zero-order chi connectivity index (χ0) is 20.7. The fourth-order valence-corrected chi connectivity index (χ4v) is 2.65. The van der Waals surface area contributed by atoms with Gasteiger partial charge in [0, 0.05) is 13.1 Å². The number of aliphatic imine (C=N–C) groups is 1. The van der Waals surface area contributed by atoms with Crippen LogP contribution in [0.2, 0.25) is 0 Å². The van der Waals surface area contributed by atoms with E-state index in [-0.39, 0.29) is 6.54 Å². The average molecular weight is 402 g/mol. The zero-order valence-corrected chi connectivity index (χ0v) is 15.8. The molecule has 29 heavy (non-hydrogen) atoms. The van der Waals surface area contributed by atoms with E-state index in [0.29, 0.717) is 24.6 Å². The van der Waals surface area contributed by atoms with Crippen molar-refractivity contribution in [3.05, 3.63) is 77.9 Å². The van der Waals surface area contributed by atoms with Gasteiger partial charge in [-0.2, -0.15) is 18.3 Å². The normalized spacial score (nSPS) is 12.1. The Balaban J connectivity index is 1.62. The Morgan fingerprint density at radius 1 is 1.07 bits per heavy atom. The topological polar surface area (TPSA) is 67.1 Å². The number of aromatic nitrogens is 3. The molecule has 0 amide bonds. The summed E-state index contributed by atoms with van der Waals surface area (Å²) in [6.07, 6.45) is -1.27. The van der Waals surface area contributed by atoms with Crippen LogP contribution in [0.4, 0.5) is 13.2 Å². The molecule has 0 saturated heterocycles. The summed E-state index contributed by atoms with van der Waals surface area (Å²) >= 11 is 0. The maximum Gasteiger partial charge on any atom is 0.416 e. The number of halogens is 3. The van der Waals surface area contributed by atoms with Crippen molar-refractivity contribution < 1.29 is 13.2 Å². The minimum absolute atomic E-state index is 0.143. The molecule has 0 aliphatic carbocycles. The quantitative estimate of drug-likeness (QED) is 0.489. The molecule has 2 N–H and O–H groups in total. The minimum Gasteiger partial charge on any atom is -0.357 e. The number of nitrogens with zero attached hydrogens (tertiary/aromatic N) is 4. The van der Waals surface area contributed by atoms with Gasteiger partial charge in [-0.05, 0) is 42.3 Å². The molecule has 0 fully saturated rings. The van der Waals surface area contributed by atoms with Crippen molar-refractivity contribution in [1.82, 2.24) is 25.4 Å². The first kappa shape index (κ1) is 20.4. The van der Waals surface area contributed by atoms with Gasteiger partial charge in [-0.1, -0.05) is 24.3 Å². The molecular weight excluding hydrogens is 381 g/mol. The summed E-state index contributed by atoms with van der Waals surface area (Å²) in [4.78, 5) is 8.30. The Bertz CT molecular complexity index is 934. The molecule has 1 heterocycles. The van der Waals surface area contributed by atoms with Crippen LogP contribution in [0.3, 0.4) is 0 Å². The van der Waals surface area contributed by atoms with Crippen molar-refractivity contribution in [2.24, 2.45) is 4.99 Å². The first-order chi connectivity index (χ1) is 14.0. The molecule has 0 atom stereocenters. The lowest BCUT2D eigenvalue weighted by Gasteiger charge is -2.12. The second-order valence-electron chi connectivity index (χ2n) is 6.25. The number of benzene rings is 2. The molecule has 0 aliphatic heterocycles. The summed E-state index contributed by atoms with van der Waals surface area (Å²) in [5.41, 5.74) is 1.75. The highest BCUT2D eigenvalue weighted by atomic mass is 19.4. The Labute approximate surface area is 166 Å². The number of guanidine groups is 1. The minimum atomic E-state index is -4.36. The molecule has 9 heteroatoms. The SMILES string of the molecule is CCNC(=NCc1cccc(C(F)(F)F)c1)NCc1ccc(-n2cncn2)cc1. The highest BCUT2D eigenvalue weighted by Crippen LogP contribution is 2.29. The van der Waals surface area contributed by atoms with Gasteiger partial charge in [0.25, 0.3) is 0 Å². The Morgan fingerprint density at radius 2 is 1.86 bits per heavy atom. The van der Waals surface area contributed by atoms with E-state index in [1.165, 1.54) is 12.4 Å². The summed E-state index contributed by atoms with van der Waals surface area (Å²) in [6.45, 7) is 3.23. The van der Waals surface area contributed by atoms with E-state index in [1.807, 2.05) is 31.2 Å². The van der Waals surface area contributed by atoms with Crippen LogP contribution in [0.5, 0.6) is 0 Å². The summed E-state index contributed by atoms with van der Waals surface area (Å²) in [7, 11) is 0. The lowest BCUT2D eigenvalue weighted by molar-refractivity contribution is -0.137. The van der Waals surface area contributed by atoms with Crippen molar-refractivity contribution in [3.8, 4) is 5.69 Å². The molecule has 3 rings (SSSR count). The van der Waals surface area contributed by atoms with Crippen LogP contribution in [-0.4, -0.2) is 27.3 Å². The molecule has 0 saturated carbocycles. The van der Waals surface area contributed by atoms with Gasteiger partial charge < -0.3 is 10.6 Å². The van der Waals surface area contributed by atoms with Gasteiger partial charge in [-0.3, -0.25) is 0 Å². The fraction of sp³-hybridized carbons (Fsp3) is 0.250.